The molecular formula is C19H15NO3S. The molecule has 1 aromatic heterocycles. The highest BCUT2D eigenvalue weighted by Crippen LogP contribution is 2.30. The molecule has 1 aromatic carbocycles. The molecule has 1 aliphatic rings. The minimum absolute atomic E-state index is 0.405. The van der Waals surface area contributed by atoms with Crippen molar-refractivity contribution in [3.8, 4) is 22.4 Å². The second-order valence-corrected chi connectivity index (χ2v) is 6.30. The van der Waals surface area contributed by atoms with Gasteiger partial charge < -0.3 is 9.47 Å². The largest absolute Gasteiger partial charge is 0.489 e. The number of carbonyl (C=O) groups excluding carboxylic acids is 1. The number of thiophene rings is 1. The van der Waals surface area contributed by atoms with E-state index in [-0.39, 0.29) is 0 Å². The van der Waals surface area contributed by atoms with E-state index < -0.39 is 5.97 Å². The lowest BCUT2D eigenvalue weighted by Gasteiger charge is -2.09. The van der Waals surface area contributed by atoms with Crippen molar-refractivity contribution in [3.05, 3.63) is 65.1 Å². The van der Waals surface area contributed by atoms with Crippen molar-refractivity contribution in [2.75, 3.05) is 6.61 Å². The molecule has 1 aliphatic carbocycles. The average Bonchev–Trinajstić information content (AvgIpc) is 3.12. The summed E-state index contributed by atoms with van der Waals surface area (Å²) in [5.41, 5.74) is 2.18. The van der Waals surface area contributed by atoms with Crippen LogP contribution < -0.4 is 4.74 Å². The summed E-state index contributed by atoms with van der Waals surface area (Å²) in [5.74, 6) is 0.182. The smallest absolute Gasteiger partial charge is 0.363 e. The van der Waals surface area contributed by atoms with Crippen LogP contribution in [0.5, 0.6) is 5.75 Å². The van der Waals surface area contributed by atoms with Gasteiger partial charge in [0.1, 0.15) is 17.2 Å². The number of ether oxygens (including phenoxy) is 2. The highest BCUT2D eigenvalue weighted by Gasteiger charge is 2.11. The zero-order valence-corrected chi connectivity index (χ0v) is 13.7. The molecule has 0 saturated carbocycles. The Hall–Kier alpha value is -2.84. The number of carbonyl (C=O) groups is 1. The molecule has 0 atom stereocenters. The zero-order valence-electron chi connectivity index (χ0n) is 12.9. The van der Waals surface area contributed by atoms with Crippen molar-refractivity contribution in [2.45, 2.75) is 12.8 Å². The average molecular weight is 337 g/mol. The number of nitriles is 1. The van der Waals surface area contributed by atoms with E-state index >= 15 is 0 Å². The highest BCUT2D eigenvalue weighted by atomic mass is 32.1. The number of hydrogen-bond donors (Lipinski definition) is 0. The maximum atomic E-state index is 11.5. The Morgan fingerprint density at radius 2 is 2.00 bits per heavy atom. The van der Waals surface area contributed by atoms with E-state index in [1.807, 2.05) is 30.3 Å². The molecule has 0 saturated heterocycles. The van der Waals surface area contributed by atoms with E-state index in [1.54, 1.807) is 6.07 Å². The third-order valence-corrected chi connectivity index (χ3v) is 4.68. The van der Waals surface area contributed by atoms with Crippen LogP contribution in [0.4, 0.5) is 0 Å². The summed E-state index contributed by atoms with van der Waals surface area (Å²) in [6.45, 7) is 0.568. The van der Waals surface area contributed by atoms with E-state index in [4.69, 9.17) is 10.00 Å². The summed E-state index contributed by atoms with van der Waals surface area (Å²) in [4.78, 5) is 12.9. The van der Waals surface area contributed by atoms with Crippen LogP contribution in [0.15, 0.2) is 60.2 Å². The van der Waals surface area contributed by atoms with Crippen LogP contribution in [0, 0.1) is 11.5 Å². The van der Waals surface area contributed by atoms with Gasteiger partial charge >= 0.3 is 5.97 Å². The summed E-state index contributed by atoms with van der Waals surface area (Å²) >= 11 is 1.29. The molecular weight excluding hydrogens is 322 g/mol. The maximum absolute atomic E-state index is 11.5. The highest BCUT2D eigenvalue weighted by molar-refractivity contribution is 7.17. The van der Waals surface area contributed by atoms with Crippen molar-refractivity contribution in [2.24, 2.45) is 0 Å². The van der Waals surface area contributed by atoms with Crippen LogP contribution in [0.2, 0.25) is 0 Å². The van der Waals surface area contributed by atoms with E-state index in [2.05, 4.69) is 23.0 Å². The second-order valence-electron chi connectivity index (χ2n) is 5.22. The molecule has 0 amide bonds. The Bertz CT molecular complexity index is 825. The molecule has 0 fully saturated rings. The van der Waals surface area contributed by atoms with Gasteiger partial charge in [-0.05, 0) is 60.4 Å². The number of esters is 1. The maximum Gasteiger partial charge on any atom is 0.363 e. The molecule has 4 nitrogen and oxygen atoms in total. The lowest BCUT2D eigenvalue weighted by Crippen LogP contribution is -2.01. The number of rotatable bonds is 5. The van der Waals surface area contributed by atoms with Gasteiger partial charge in [0.2, 0.25) is 0 Å². The first-order valence-electron chi connectivity index (χ1n) is 7.55. The molecule has 0 unspecified atom stereocenters. The van der Waals surface area contributed by atoms with E-state index in [9.17, 15) is 4.79 Å². The first-order valence-corrected chi connectivity index (χ1v) is 8.37. The summed E-state index contributed by atoms with van der Waals surface area (Å²) in [6, 6.07) is 11.2. The molecule has 0 spiro atoms. The molecule has 5 heteroatoms. The summed E-state index contributed by atoms with van der Waals surface area (Å²) in [5, 5.41) is 8.39. The fourth-order valence-electron chi connectivity index (χ4n) is 2.35. The number of nitrogens with zero attached hydrogens (tertiary/aromatic N) is 1. The molecule has 0 N–H and O–H groups in total. The molecule has 0 bridgehead atoms. The standard InChI is InChI=1S/C19H15NO3S/c20-13-23-19(21)18-11-10-17(24-18)15-6-8-16(9-7-15)22-12-14-4-2-1-3-5-14/h2,4-11H,1,3,12H2. The van der Waals surface area contributed by atoms with Gasteiger partial charge in [-0.25, -0.2) is 4.79 Å². The van der Waals surface area contributed by atoms with Gasteiger partial charge in [-0.2, -0.15) is 0 Å². The molecule has 120 valence electrons. The number of benzene rings is 1. The fourth-order valence-corrected chi connectivity index (χ4v) is 3.24. The number of hydrogen-bond acceptors (Lipinski definition) is 5. The molecule has 2 aromatic rings. The Morgan fingerprint density at radius 3 is 2.71 bits per heavy atom. The van der Waals surface area contributed by atoms with E-state index in [0.29, 0.717) is 11.5 Å². The normalized spacial score (nSPS) is 13.0. The van der Waals surface area contributed by atoms with Gasteiger partial charge in [0.05, 0.1) is 0 Å². The van der Waals surface area contributed by atoms with Gasteiger partial charge in [-0.15, -0.1) is 16.6 Å². The van der Waals surface area contributed by atoms with Crippen molar-refractivity contribution in [1.29, 1.82) is 5.26 Å². The quantitative estimate of drug-likeness (QED) is 0.586. The number of allylic oxidation sites excluding steroid dienone is 2. The Kier molecular flexibility index (Phi) is 5.09. The first kappa shape index (κ1) is 16.0. The van der Waals surface area contributed by atoms with E-state index in [1.165, 1.54) is 23.2 Å². The lowest BCUT2D eigenvalue weighted by molar-refractivity contribution is 0.0690. The topological polar surface area (TPSA) is 59.3 Å². The molecule has 1 heterocycles. The third-order valence-electron chi connectivity index (χ3n) is 3.56. The Balaban J connectivity index is 1.64. The van der Waals surface area contributed by atoms with Crippen LogP contribution in [0.3, 0.4) is 0 Å². The van der Waals surface area contributed by atoms with Gasteiger partial charge in [-0.1, -0.05) is 18.2 Å². The zero-order chi connectivity index (χ0) is 16.8. The third kappa shape index (κ3) is 3.92. The summed E-state index contributed by atoms with van der Waals surface area (Å²) in [7, 11) is 0. The van der Waals surface area contributed by atoms with Crippen molar-refractivity contribution < 1.29 is 14.3 Å². The first-order chi connectivity index (χ1) is 11.8. The summed E-state index contributed by atoms with van der Waals surface area (Å²) in [6.07, 6.45) is 10.0. The van der Waals surface area contributed by atoms with E-state index in [0.717, 1.165) is 29.0 Å². The predicted molar refractivity (Wildman–Crippen MR) is 92.7 cm³/mol. The Labute approximate surface area is 144 Å². The van der Waals surface area contributed by atoms with Crippen LogP contribution in [0.1, 0.15) is 22.5 Å². The monoisotopic (exact) mass is 337 g/mol. The molecule has 24 heavy (non-hydrogen) atoms. The van der Waals surface area contributed by atoms with Crippen molar-refractivity contribution >= 4 is 17.3 Å². The SMILES string of the molecule is N#COC(=O)c1ccc(-c2ccc(OCC3=CCCC=C3)cc2)s1. The van der Waals surface area contributed by atoms with Gasteiger partial charge in [0.25, 0.3) is 6.26 Å². The van der Waals surface area contributed by atoms with Crippen molar-refractivity contribution in [3.63, 3.8) is 0 Å². The molecule has 0 aliphatic heterocycles. The second kappa shape index (κ2) is 7.62. The fraction of sp³-hybridized carbons (Fsp3) is 0.158. The minimum atomic E-state index is -0.623. The molecule has 0 radical (unpaired) electrons. The van der Waals surface area contributed by atoms with Crippen LogP contribution in [0.25, 0.3) is 10.4 Å². The Morgan fingerprint density at radius 1 is 1.17 bits per heavy atom. The van der Waals surface area contributed by atoms with Crippen LogP contribution in [-0.2, 0) is 4.74 Å². The van der Waals surface area contributed by atoms with Gasteiger partial charge in [0.15, 0.2) is 0 Å². The molecule has 3 rings (SSSR count). The predicted octanol–water partition coefficient (Wildman–Crippen LogP) is 4.71. The van der Waals surface area contributed by atoms with Gasteiger partial charge in [0, 0.05) is 4.88 Å². The minimum Gasteiger partial charge on any atom is -0.489 e. The van der Waals surface area contributed by atoms with Crippen LogP contribution >= 0.6 is 11.3 Å². The van der Waals surface area contributed by atoms with Crippen LogP contribution in [-0.4, -0.2) is 12.6 Å². The van der Waals surface area contributed by atoms with Gasteiger partial charge in [-0.3, -0.25) is 0 Å². The lowest BCUT2D eigenvalue weighted by atomic mass is 10.1. The summed E-state index contributed by atoms with van der Waals surface area (Å²) < 4.78 is 10.1. The van der Waals surface area contributed by atoms with Crippen molar-refractivity contribution in [1.82, 2.24) is 0 Å².